The summed E-state index contributed by atoms with van der Waals surface area (Å²) < 4.78 is 66.7. The molecule has 0 atom stereocenters. The molecule has 0 saturated carbocycles. The monoisotopic (exact) mass is 216 g/mol. The van der Waals surface area contributed by atoms with Gasteiger partial charge in [0.2, 0.25) is 0 Å². The van der Waals surface area contributed by atoms with Crippen LogP contribution in [0.1, 0.15) is 14.9 Å². The van der Waals surface area contributed by atoms with Gasteiger partial charge in [-0.25, -0.2) is 0 Å². The predicted molar refractivity (Wildman–Crippen MR) is 32.7 cm³/mol. The first-order chi connectivity index (χ1) is 4.50. The Labute approximate surface area is 70.8 Å². The lowest BCUT2D eigenvalue weighted by Gasteiger charge is -2.26. The van der Waals surface area contributed by atoms with Crippen molar-refractivity contribution in [1.29, 1.82) is 0 Å². The summed E-state index contributed by atoms with van der Waals surface area (Å²) in [5.41, 5.74) is 0. The largest absolute Gasteiger partial charge is 0.452 e. The van der Waals surface area contributed by atoms with Crippen LogP contribution in [0.25, 0.3) is 0 Å². The van der Waals surface area contributed by atoms with Crippen molar-refractivity contribution >= 4 is 0 Å². The van der Waals surface area contributed by atoms with Gasteiger partial charge in [0.1, 0.15) is 0 Å². The summed E-state index contributed by atoms with van der Waals surface area (Å²) in [6, 6.07) is 0. The minimum atomic E-state index is -6.13. The number of hydrogen-bond acceptors (Lipinski definition) is 2. The van der Waals surface area contributed by atoms with Gasteiger partial charge in [-0.05, 0) is 0 Å². The highest BCUT2D eigenvalue weighted by atomic mass is 19.4. The van der Waals surface area contributed by atoms with Crippen LogP contribution in [0.2, 0.25) is 0 Å². The molecule has 8 heteroatoms. The highest BCUT2D eigenvalue weighted by Crippen LogP contribution is 2.40. The third-order valence-corrected chi connectivity index (χ3v) is 0.791. The second-order valence-electron chi connectivity index (χ2n) is 1.67. The van der Waals surface area contributed by atoms with Crippen molar-refractivity contribution in [3.8, 4) is 0 Å². The van der Waals surface area contributed by atoms with Gasteiger partial charge in [0.05, 0.1) is 0 Å². The molecule has 0 saturated heterocycles. The predicted octanol–water partition coefficient (Wildman–Crippen LogP) is 2.06. The van der Waals surface area contributed by atoms with E-state index in [0.29, 0.717) is 0 Å². The molecular weight excluding hydrogens is 206 g/mol. The first kappa shape index (κ1) is 18.3. The minimum Gasteiger partial charge on any atom is -0.352 e. The lowest BCUT2D eigenvalue weighted by Crippen LogP contribution is -2.56. The second kappa shape index (κ2) is 4.14. The highest BCUT2D eigenvalue weighted by Gasteiger charge is 2.70. The van der Waals surface area contributed by atoms with Crippen molar-refractivity contribution in [1.82, 2.24) is 0 Å². The first-order valence-corrected chi connectivity index (χ1v) is 2.08. The Morgan fingerprint density at radius 2 is 0.769 bits per heavy atom. The zero-order chi connectivity index (χ0) is 9.50. The Kier molecular flexibility index (Phi) is 5.83. The van der Waals surface area contributed by atoms with E-state index in [9.17, 15) is 26.3 Å². The van der Waals surface area contributed by atoms with Crippen molar-refractivity contribution in [2.45, 2.75) is 33.0 Å². The van der Waals surface area contributed by atoms with E-state index >= 15 is 0 Å². The Morgan fingerprint density at radius 1 is 0.615 bits per heavy atom. The van der Waals surface area contributed by atoms with E-state index in [0.717, 1.165) is 0 Å². The molecule has 2 N–H and O–H groups in total. The molecule has 0 aliphatic carbocycles. The fourth-order valence-corrected chi connectivity index (χ4v) is 0.161. The molecule has 2 nitrogen and oxygen atoms in total. The summed E-state index contributed by atoms with van der Waals surface area (Å²) >= 11 is 0. The van der Waals surface area contributed by atoms with Crippen molar-refractivity contribution in [2.75, 3.05) is 0 Å². The molecule has 0 aliphatic rings. The third kappa shape index (κ3) is 3.39. The van der Waals surface area contributed by atoms with E-state index < -0.39 is 18.1 Å². The minimum absolute atomic E-state index is 0. The Bertz CT molecular complexity index is 130. The van der Waals surface area contributed by atoms with Gasteiger partial charge >= 0.3 is 18.1 Å². The maximum atomic E-state index is 11.1. The Balaban J connectivity index is -0.000000500. The fourth-order valence-electron chi connectivity index (χ4n) is 0.161. The molecule has 0 aromatic rings. The van der Waals surface area contributed by atoms with Crippen LogP contribution >= 0.6 is 0 Å². The number of rotatable bonds is 0. The van der Waals surface area contributed by atoms with Gasteiger partial charge in [0, 0.05) is 0 Å². The van der Waals surface area contributed by atoms with Gasteiger partial charge < -0.3 is 10.2 Å². The highest BCUT2D eigenvalue weighted by molar-refractivity contribution is 4.81. The maximum Gasteiger partial charge on any atom is 0.452 e. The van der Waals surface area contributed by atoms with Crippen molar-refractivity contribution < 1.29 is 36.6 Å². The summed E-state index contributed by atoms with van der Waals surface area (Å²) in [7, 11) is 0. The quantitative estimate of drug-likeness (QED) is 0.480. The van der Waals surface area contributed by atoms with Gasteiger partial charge in [-0.15, -0.1) is 0 Å². The van der Waals surface area contributed by atoms with Gasteiger partial charge in [0.25, 0.3) is 0 Å². The van der Waals surface area contributed by atoms with Crippen LogP contribution in [-0.4, -0.2) is 28.4 Å². The zero-order valence-electron chi connectivity index (χ0n) is 4.66. The summed E-state index contributed by atoms with van der Waals surface area (Å²) in [5.74, 6) is -5.62. The molecule has 0 bridgehead atoms. The summed E-state index contributed by atoms with van der Waals surface area (Å²) in [4.78, 5) is 0. The number of aliphatic hydroxyl groups is 2. The number of alkyl halides is 6. The van der Waals surface area contributed by atoms with Gasteiger partial charge in [-0.2, -0.15) is 26.3 Å². The van der Waals surface area contributed by atoms with Crippen molar-refractivity contribution in [3.63, 3.8) is 0 Å². The van der Waals surface area contributed by atoms with Gasteiger partial charge in [-0.1, -0.05) is 14.9 Å². The molecule has 0 heterocycles. The fraction of sp³-hybridized carbons (Fsp3) is 1.00. The molecule has 0 radical (unpaired) electrons. The zero-order valence-corrected chi connectivity index (χ0v) is 4.66. The molecule has 0 aromatic heterocycles. The summed E-state index contributed by atoms with van der Waals surface area (Å²) in [5, 5.41) is 15.0. The van der Waals surface area contributed by atoms with E-state index in [1.807, 2.05) is 0 Å². The lowest BCUT2D eigenvalue weighted by atomic mass is 10.3. The number of hydrogen-bond donors (Lipinski definition) is 2. The van der Waals surface area contributed by atoms with Crippen LogP contribution in [0.3, 0.4) is 0 Å². The topological polar surface area (TPSA) is 40.5 Å². The first-order valence-electron chi connectivity index (χ1n) is 2.08. The van der Waals surface area contributed by atoms with E-state index in [4.69, 9.17) is 10.2 Å². The average molecular weight is 216 g/mol. The Hall–Kier alpha value is -0.500. The smallest absolute Gasteiger partial charge is 0.352 e. The molecule has 84 valence electrons. The average Bonchev–Trinajstić information content (AvgIpc) is 1.58. The van der Waals surface area contributed by atoms with E-state index in [-0.39, 0.29) is 14.9 Å². The van der Waals surface area contributed by atoms with Gasteiger partial charge in [-0.3, -0.25) is 0 Å². The van der Waals surface area contributed by atoms with Crippen molar-refractivity contribution in [2.24, 2.45) is 0 Å². The normalized spacial score (nSPS) is 12.9. The lowest BCUT2D eigenvalue weighted by molar-refractivity contribution is -0.445. The van der Waals surface area contributed by atoms with Crippen LogP contribution in [0.5, 0.6) is 0 Å². The second-order valence-corrected chi connectivity index (χ2v) is 1.67. The SMILES string of the molecule is C.C.OC(O)(C(F)(F)F)C(F)(F)F. The van der Waals surface area contributed by atoms with Crippen LogP contribution in [0.4, 0.5) is 26.3 Å². The summed E-state index contributed by atoms with van der Waals surface area (Å²) in [6.07, 6.45) is -12.3. The number of halogens is 6. The molecule has 0 aliphatic heterocycles. The summed E-state index contributed by atoms with van der Waals surface area (Å²) in [6.45, 7) is 0. The standard InChI is InChI=1S/C3H2F6O2.2CH4/c4-2(5,6)1(10,11)3(7,8)9;;/h10-11H;2*1H4. The molecule has 0 rings (SSSR count). The van der Waals surface area contributed by atoms with E-state index in [1.54, 1.807) is 0 Å². The molecular formula is C5H10F6O2. The van der Waals surface area contributed by atoms with E-state index in [1.165, 1.54) is 0 Å². The van der Waals surface area contributed by atoms with Crippen LogP contribution in [0, 0.1) is 0 Å². The third-order valence-electron chi connectivity index (χ3n) is 0.791. The Morgan fingerprint density at radius 3 is 0.769 bits per heavy atom. The molecule has 0 spiro atoms. The molecule has 13 heavy (non-hydrogen) atoms. The van der Waals surface area contributed by atoms with Crippen LogP contribution in [-0.2, 0) is 0 Å². The van der Waals surface area contributed by atoms with Crippen LogP contribution in [0.15, 0.2) is 0 Å². The van der Waals surface area contributed by atoms with Gasteiger partial charge in [0.15, 0.2) is 0 Å². The molecule has 0 fully saturated rings. The molecule has 0 aromatic carbocycles. The maximum absolute atomic E-state index is 11.1. The van der Waals surface area contributed by atoms with Crippen molar-refractivity contribution in [3.05, 3.63) is 0 Å². The molecule has 0 amide bonds. The molecule has 0 unspecified atom stereocenters. The van der Waals surface area contributed by atoms with Crippen LogP contribution < -0.4 is 0 Å². The van der Waals surface area contributed by atoms with E-state index in [2.05, 4.69) is 0 Å².